The number of ether oxygens (including phenoxy) is 1. The topological polar surface area (TPSA) is 74.9 Å². The first-order valence-electron chi connectivity index (χ1n) is 9.27. The number of aromatic nitrogens is 3. The largest absolute Gasteiger partial charge is 0.497 e. The number of benzene rings is 2. The van der Waals surface area contributed by atoms with E-state index in [-0.39, 0.29) is 0 Å². The van der Waals surface area contributed by atoms with E-state index >= 15 is 0 Å². The number of nitrogens with one attached hydrogen (secondary N) is 3. The fourth-order valence-corrected chi connectivity index (χ4v) is 3.18. The molecule has 0 unspecified atom stereocenters. The van der Waals surface area contributed by atoms with Gasteiger partial charge in [0.05, 0.1) is 7.11 Å². The summed E-state index contributed by atoms with van der Waals surface area (Å²) in [6, 6.07) is 18.0. The van der Waals surface area contributed by atoms with Crippen LogP contribution in [0.25, 0.3) is 10.9 Å². The van der Waals surface area contributed by atoms with E-state index in [2.05, 4.69) is 50.0 Å². The summed E-state index contributed by atoms with van der Waals surface area (Å²) >= 11 is 0. The molecule has 0 radical (unpaired) electrons. The highest BCUT2D eigenvalue weighted by molar-refractivity contribution is 5.83. The highest BCUT2D eigenvalue weighted by Gasteiger charge is 2.05. The summed E-state index contributed by atoms with van der Waals surface area (Å²) in [5.74, 6) is 2.19. The van der Waals surface area contributed by atoms with Crippen molar-refractivity contribution in [3.8, 4) is 5.75 Å². The predicted molar refractivity (Wildman–Crippen MR) is 114 cm³/mol. The normalized spacial score (nSPS) is 10.8. The first kappa shape index (κ1) is 17.9. The summed E-state index contributed by atoms with van der Waals surface area (Å²) in [4.78, 5) is 12.4. The molecular weight excluding hydrogens is 350 g/mol. The Bertz CT molecular complexity index is 1070. The third-order valence-corrected chi connectivity index (χ3v) is 4.58. The summed E-state index contributed by atoms with van der Waals surface area (Å²) in [5, 5.41) is 7.92. The molecule has 142 valence electrons. The minimum Gasteiger partial charge on any atom is -0.497 e. The standard InChI is InChI=1S/C22H23N5O/c1-15-13-21(23-12-11-16-14-24-20-6-4-3-5-19(16)20)27-22(25-15)26-17-7-9-18(28-2)10-8-17/h3-10,13-14,24H,11-12H2,1-2H3,(H2,23,25,26,27). The van der Waals surface area contributed by atoms with Crippen molar-refractivity contribution < 1.29 is 4.74 Å². The van der Waals surface area contributed by atoms with Gasteiger partial charge in [0.2, 0.25) is 5.95 Å². The fourth-order valence-electron chi connectivity index (χ4n) is 3.18. The highest BCUT2D eigenvalue weighted by Crippen LogP contribution is 2.20. The number of hydrogen-bond donors (Lipinski definition) is 3. The molecule has 28 heavy (non-hydrogen) atoms. The van der Waals surface area contributed by atoms with Gasteiger partial charge in [-0.1, -0.05) is 18.2 Å². The molecule has 3 N–H and O–H groups in total. The minimum absolute atomic E-state index is 0.569. The van der Waals surface area contributed by atoms with Crippen molar-refractivity contribution in [2.24, 2.45) is 0 Å². The average Bonchev–Trinajstić information content (AvgIpc) is 3.11. The molecule has 0 aliphatic carbocycles. The van der Waals surface area contributed by atoms with E-state index in [0.717, 1.165) is 35.9 Å². The van der Waals surface area contributed by atoms with Crippen molar-refractivity contribution in [3.63, 3.8) is 0 Å². The Balaban J connectivity index is 1.41. The summed E-state index contributed by atoms with van der Waals surface area (Å²) in [5.41, 5.74) is 4.28. The Morgan fingerprint density at radius 3 is 2.68 bits per heavy atom. The average molecular weight is 373 g/mol. The maximum atomic E-state index is 5.19. The van der Waals surface area contributed by atoms with Gasteiger partial charge in [-0.15, -0.1) is 0 Å². The van der Waals surface area contributed by atoms with Crippen LogP contribution in [0.3, 0.4) is 0 Å². The van der Waals surface area contributed by atoms with Crippen molar-refractivity contribution in [1.29, 1.82) is 0 Å². The quantitative estimate of drug-likeness (QED) is 0.439. The molecule has 2 heterocycles. The number of anilines is 3. The van der Waals surface area contributed by atoms with Gasteiger partial charge in [-0.2, -0.15) is 4.98 Å². The van der Waals surface area contributed by atoms with Crippen molar-refractivity contribution >= 4 is 28.4 Å². The number of aromatic amines is 1. The molecule has 0 fully saturated rings. The molecule has 0 saturated heterocycles. The van der Waals surface area contributed by atoms with E-state index in [1.165, 1.54) is 16.5 Å². The van der Waals surface area contributed by atoms with E-state index in [1.807, 2.05) is 43.3 Å². The van der Waals surface area contributed by atoms with Gasteiger partial charge in [0.1, 0.15) is 11.6 Å². The lowest BCUT2D eigenvalue weighted by molar-refractivity contribution is 0.415. The zero-order valence-corrected chi connectivity index (χ0v) is 16.0. The third-order valence-electron chi connectivity index (χ3n) is 4.58. The molecule has 6 nitrogen and oxygen atoms in total. The predicted octanol–water partition coefficient (Wildman–Crippen LogP) is 4.67. The van der Waals surface area contributed by atoms with Crippen LogP contribution in [0.4, 0.5) is 17.5 Å². The number of H-pyrrole nitrogens is 1. The zero-order chi connectivity index (χ0) is 19.3. The van der Waals surface area contributed by atoms with Gasteiger partial charge in [0.25, 0.3) is 0 Å². The molecule has 0 aliphatic heterocycles. The van der Waals surface area contributed by atoms with Crippen LogP contribution >= 0.6 is 0 Å². The Morgan fingerprint density at radius 2 is 1.86 bits per heavy atom. The molecule has 0 aliphatic rings. The fraction of sp³-hybridized carbons (Fsp3) is 0.182. The van der Waals surface area contributed by atoms with Crippen LogP contribution in [-0.4, -0.2) is 28.6 Å². The van der Waals surface area contributed by atoms with Crippen molar-refractivity contribution in [2.75, 3.05) is 24.3 Å². The number of hydrogen-bond acceptors (Lipinski definition) is 5. The van der Waals surface area contributed by atoms with E-state index in [4.69, 9.17) is 4.74 Å². The first-order chi connectivity index (χ1) is 13.7. The molecular formula is C22H23N5O. The molecule has 2 aromatic heterocycles. The van der Waals surface area contributed by atoms with E-state index in [0.29, 0.717) is 5.95 Å². The molecule has 6 heteroatoms. The van der Waals surface area contributed by atoms with Gasteiger partial charge in [0.15, 0.2) is 0 Å². The van der Waals surface area contributed by atoms with Gasteiger partial charge in [-0.05, 0) is 49.2 Å². The van der Waals surface area contributed by atoms with Gasteiger partial charge >= 0.3 is 0 Å². The summed E-state index contributed by atoms with van der Waals surface area (Å²) in [6.07, 6.45) is 2.99. The molecule has 0 atom stereocenters. The molecule has 4 aromatic rings. The van der Waals surface area contributed by atoms with Crippen LogP contribution in [-0.2, 0) is 6.42 Å². The Morgan fingerprint density at radius 1 is 1.04 bits per heavy atom. The van der Waals surface area contributed by atoms with Crippen LogP contribution in [0, 0.1) is 6.92 Å². The van der Waals surface area contributed by atoms with Crippen LogP contribution in [0.5, 0.6) is 5.75 Å². The third kappa shape index (κ3) is 4.06. The zero-order valence-electron chi connectivity index (χ0n) is 16.0. The lowest BCUT2D eigenvalue weighted by Crippen LogP contribution is -2.08. The van der Waals surface area contributed by atoms with Gasteiger partial charge in [-0.25, -0.2) is 4.98 Å². The van der Waals surface area contributed by atoms with Gasteiger partial charge in [0, 0.05) is 41.1 Å². The summed E-state index contributed by atoms with van der Waals surface area (Å²) in [7, 11) is 1.65. The second kappa shape index (κ2) is 8.00. The van der Waals surface area contributed by atoms with Gasteiger partial charge < -0.3 is 20.4 Å². The first-order valence-corrected chi connectivity index (χ1v) is 9.27. The Hall–Kier alpha value is -3.54. The minimum atomic E-state index is 0.569. The molecule has 2 aromatic carbocycles. The number of nitrogens with zero attached hydrogens (tertiary/aromatic N) is 2. The number of fused-ring (bicyclic) bond motifs is 1. The Labute approximate surface area is 164 Å². The number of rotatable bonds is 7. The highest BCUT2D eigenvalue weighted by atomic mass is 16.5. The smallest absolute Gasteiger partial charge is 0.229 e. The van der Waals surface area contributed by atoms with Crippen molar-refractivity contribution in [2.45, 2.75) is 13.3 Å². The van der Waals surface area contributed by atoms with Crippen LogP contribution in [0.15, 0.2) is 60.8 Å². The van der Waals surface area contributed by atoms with Crippen LogP contribution in [0.2, 0.25) is 0 Å². The van der Waals surface area contributed by atoms with Crippen LogP contribution in [0.1, 0.15) is 11.3 Å². The lowest BCUT2D eigenvalue weighted by atomic mass is 10.1. The Kier molecular flexibility index (Phi) is 5.10. The van der Waals surface area contributed by atoms with Crippen molar-refractivity contribution in [3.05, 3.63) is 72.1 Å². The van der Waals surface area contributed by atoms with E-state index < -0.39 is 0 Å². The summed E-state index contributed by atoms with van der Waals surface area (Å²) in [6.45, 7) is 2.76. The molecule has 0 bridgehead atoms. The number of para-hydroxylation sites is 1. The summed E-state index contributed by atoms with van der Waals surface area (Å²) < 4.78 is 5.19. The van der Waals surface area contributed by atoms with E-state index in [9.17, 15) is 0 Å². The van der Waals surface area contributed by atoms with Crippen molar-refractivity contribution in [1.82, 2.24) is 15.0 Å². The number of aryl methyl sites for hydroxylation is 1. The molecule has 0 saturated carbocycles. The van der Waals surface area contributed by atoms with Crippen LogP contribution < -0.4 is 15.4 Å². The monoisotopic (exact) mass is 373 g/mol. The molecule has 0 amide bonds. The molecule has 4 rings (SSSR count). The maximum absolute atomic E-state index is 5.19. The SMILES string of the molecule is COc1ccc(Nc2nc(C)cc(NCCc3c[nH]c4ccccc34)n2)cc1. The van der Waals surface area contributed by atoms with Gasteiger partial charge in [-0.3, -0.25) is 0 Å². The molecule has 0 spiro atoms. The maximum Gasteiger partial charge on any atom is 0.229 e. The second-order valence-corrected chi connectivity index (χ2v) is 6.61. The lowest BCUT2D eigenvalue weighted by Gasteiger charge is -2.10. The second-order valence-electron chi connectivity index (χ2n) is 6.61. The van der Waals surface area contributed by atoms with E-state index in [1.54, 1.807) is 7.11 Å². The number of methoxy groups -OCH3 is 1.